The number of carboxylic acids is 1. The lowest BCUT2D eigenvalue weighted by Gasteiger charge is -2.10. The fourth-order valence-electron chi connectivity index (χ4n) is 1.67. The van der Waals surface area contributed by atoms with Crippen molar-refractivity contribution in [1.82, 2.24) is 0 Å². The first-order valence-corrected chi connectivity index (χ1v) is 6.67. The highest BCUT2D eigenvalue weighted by Crippen LogP contribution is 2.23. The van der Waals surface area contributed by atoms with Crippen molar-refractivity contribution >= 4 is 21.9 Å². The lowest BCUT2D eigenvalue weighted by atomic mass is 10.1. The quantitative estimate of drug-likeness (QED) is 0.909. The number of benzene rings is 2. The Labute approximate surface area is 124 Å². The van der Waals surface area contributed by atoms with E-state index in [0.717, 1.165) is 11.1 Å². The molecule has 5 heteroatoms. The summed E-state index contributed by atoms with van der Waals surface area (Å²) in [5.41, 5.74) is 1.83. The largest absolute Gasteiger partial charge is 0.486 e. The first-order valence-electron chi connectivity index (χ1n) is 5.88. The molecule has 0 radical (unpaired) electrons. The van der Waals surface area contributed by atoms with Crippen molar-refractivity contribution in [3.05, 3.63) is 63.4 Å². The van der Waals surface area contributed by atoms with Crippen LogP contribution >= 0.6 is 15.9 Å². The molecule has 0 saturated heterocycles. The van der Waals surface area contributed by atoms with Gasteiger partial charge in [-0.25, -0.2) is 9.18 Å². The van der Waals surface area contributed by atoms with Crippen LogP contribution in [0.4, 0.5) is 4.39 Å². The fraction of sp³-hybridized carbons (Fsp3) is 0.133. The van der Waals surface area contributed by atoms with Gasteiger partial charge in [-0.1, -0.05) is 28.1 Å². The summed E-state index contributed by atoms with van der Waals surface area (Å²) in [6.07, 6.45) is 0. The van der Waals surface area contributed by atoms with Crippen LogP contribution in [0.5, 0.6) is 5.75 Å². The average Bonchev–Trinajstić information content (AvgIpc) is 2.40. The molecule has 2 aromatic rings. The van der Waals surface area contributed by atoms with Crippen molar-refractivity contribution < 1.29 is 19.0 Å². The van der Waals surface area contributed by atoms with Crippen LogP contribution in [0.15, 0.2) is 40.9 Å². The highest BCUT2D eigenvalue weighted by atomic mass is 79.9. The Bertz CT molecular complexity index is 656. The van der Waals surface area contributed by atoms with Gasteiger partial charge in [-0.15, -0.1) is 0 Å². The van der Waals surface area contributed by atoms with E-state index in [2.05, 4.69) is 15.9 Å². The summed E-state index contributed by atoms with van der Waals surface area (Å²) in [6, 6.07) is 9.26. The smallest absolute Gasteiger partial charge is 0.335 e. The molecule has 0 aliphatic carbocycles. The molecule has 0 amide bonds. The zero-order valence-electron chi connectivity index (χ0n) is 10.7. The molecular formula is C15H12BrFO3. The fourth-order valence-corrected chi connectivity index (χ4v) is 2.17. The van der Waals surface area contributed by atoms with Crippen molar-refractivity contribution in [2.45, 2.75) is 13.5 Å². The van der Waals surface area contributed by atoms with Crippen molar-refractivity contribution in [2.24, 2.45) is 0 Å². The molecule has 0 unspecified atom stereocenters. The van der Waals surface area contributed by atoms with Crippen molar-refractivity contribution in [3.8, 4) is 5.75 Å². The Morgan fingerprint density at radius 1 is 1.30 bits per heavy atom. The minimum atomic E-state index is -0.997. The maximum absolute atomic E-state index is 13.5. The average molecular weight is 339 g/mol. The van der Waals surface area contributed by atoms with Gasteiger partial charge in [0.2, 0.25) is 0 Å². The summed E-state index contributed by atoms with van der Waals surface area (Å²) in [5, 5.41) is 8.87. The van der Waals surface area contributed by atoms with Crippen LogP contribution in [0.2, 0.25) is 0 Å². The number of carboxylic acid groups (broad SMARTS) is 1. The van der Waals surface area contributed by atoms with Gasteiger partial charge in [0.15, 0.2) is 11.6 Å². The molecule has 0 aromatic heterocycles. The molecule has 104 valence electrons. The Kier molecular flexibility index (Phi) is 4.39. The van der Waals surface area contributed by atoms with Gasteiger partial charge in [0.25, 0.3) is 0 Å². The molecule has 0 fully saturated rings. The summed E-state index contributed by atoms with van der Waals surface area (Å²) in [5.74, 6) is -1.24. The third-order valence-electron chi connectivity index (χ3n) is 2.77. The Hall–Kier alpha value is -1.88. The zero-order chi connectivity index (χ0) is 14.7. The molecule has 0 atom stereocenters. The Balaban J connectivity index is 2.15. The van der Waals surface area contributed by atoms with E-state index in [1.807, 2.05) is 6.92 Å². The predicted molar refractivity (Wildman–Crippen MR) is 76.6 cm³/mol. The van der Waals surface area contributed by atoms with Crippen LogP contribution in [0.1, 0.15) is 21.5 Å². The predicted octanol–water partition coefficient (Wildman–Crippen LogP) is 4.17. The molecule has 1 N–H and O–H groups in total. The van der Waals surface area contributed by atoms with Crippen LogP contribution in [0.25, 0.3) is 0 Å². The Morgan fingerprint density at radius 2 is 2.05 bits per heavy atom. The number of rotatable bonds is 4. The SMILES string of the molecule is Cc1ccc(F)c(OCc2ccc(C(=O)O)cc2Br)c1. The minimum absolute atomic E-state index is 0.154. The second kappa shape index (κ2) is 6.05. The summed E-state index contributed by atoms with van der Waals surface area (Å²) in [4.78, 5) is 10.8. The van der Waals surface area contributed by atoms with Gasteiger partial charge in [-0.05, 0) is 36.8 Å². The third kappa shape index (κ3) is 3.36. The molecule has 0 spiro atoms. The monoisotopic (exact) mass is 338 g/mol. The molecular weight excluding hydrogens is 327 g/mol. The van der Waals surface area contributed by atoms with Gasteiger partial charge in [-0.2, -0.15) is 0 Å². The van der Waals surface area contributed by atoms with Gasteiger partial charge >= 0.3 is 5.97 Å². The van der Waals surface area contributed by atoms with Gasteiger partial charge in [0.05, 0.1) is 5.56 Å². The molecule has 0 bridgehead atoms. The van der Waals surface area contributed by atoms with E-state index in [1.54, 1.807) is 18.2 Å². The van der Waals surface area contributed by atoms with Gasteiger partial charge in [0, 0.05) is 10.0 Å². The molecule has 0 heterocycles. The molecule has 0 aliphatic heterocycles. The first-order chi connectivity index (χ1) is 9.47. The first kappa shape index (κ1) is 14.5. The molecule has 2 rings (SSSR count). The lowest BCUT2D eigenvalue weighted by molar-refractivity contribution is 0.0696. The van der Waals surface area contributed by atoms with Crippen LogP contribution in [0.3, 0.4) is 0 Å². The zero-order valence-corrected chi connectivity index (χ0v) is 12.3. The van der Waals surface area contributed by atoms with Crippen LogP contribution in [-0.2, 0) is 6.61 Å². The van der Waals surface area contributed by atoms with Crippen LogP contribution in [0, 0.1) is 12.7 Å². The molecule has 0 aliphatic rings. The Morgan fingerprint density at radius 3 is 2.70 bits per heavy atom. The third-order valence-corrected chi connectivity index (χ3v) is 3.51. The summed E-state index contributed by atoms with van der Waals surface area (Å²) < 4.78 is 19.6. The van der Waals surface area contributed by atoms with E-state index in [9.17, 15) is 9.18 Å². The van der Waals surface area contributed by atoms with E-state index in [1.165, 1.54) is 18.2 Å². The van der Waals surface area contributed by atoms with Crippen LogP contribution in [-0.4, -0.2) is 11.1 Å². The van der Waals surface area contributed by atoms with E-state index >= 15 is 0 Å². The number of hydrogen-bond acceptors (Lipinski definition) is 2. The topological polar surface area (TPSA) is 46.5 Å². The maximum Gasteiger partial charge on any atom is 0.335 e. The summed E-state index contributed by atoms with van der Waals surface area (Å²) in [7, 11) is 0. The summed E-state index contributed by atoms with van der Waals surface area (Å²) >= 11 is 3.28. The van der Waals surface area contributed by atoms with Gasteiger partial charge in [0.1, 0.15) is 6.61 Å². The molecule has 20 heavy (non-hydrogen) atoms. The van der Waals surface area contributed by atoms with Crippen molar-refractivity contribution in [3.63, 3.8) is 0 Å². The number of aromatic carboxylic acids is 1. The second-order valence-electron chi connectivity index (χ2n) is 4.33. The number of hydrogen-bond donors (Lipinski definition) is 1. The minimum Gasteiger partial charge on any atom is -0.486 e. The number of halogens is 2. The lowest BCUT2D eigenvalue weighted by Crippen LogP contribution is -2.01. The molecule has 3 nitrogen and oxygen atoms in total. The number of carbonyl (C=O) groups is 1. The second-order valence-corrected chi connectivity index (χ2v) is 5.19. The van der Waals surface area contributed by atoms with Crippen molar-refractivity contribution in [1.29, 1.82) is 0 Å². The normalized spacial score (nSPS) is 10.3. The van der Waals surface area contributed by atoms with E-state index in [0.29, 0.717) is 4.47 Å². The molecule has 2 aromatic carbocycles. The molecule has 0 saturated carbocycles. The summed E-state index contributed by atoms with van der Waals surface area (Å²) in [6.45, 7) is 2.00. The van der Waals surface area contributed by atoms with E-state index < -0.39 is 11.8 Å². The highest BCUT2D eigenvalue weighted by molar-refractivity contribution is 9.10. The van der Waals surface area contributed by atoms with Gasteiger partial charge < -0.3 is 9.84 Å². The van der Waals surface area contributed by atoms with E-state index in [4.69, 9.17) is 9.84 Å². The van der Waals surface area contributed by atoms with Crippen molar-refractivity contribution in [2.75, 3.05) is 0 Å². The van der Waals surface area contributed by atoms with Gasteiger partial charge in [-0.3, -0.25) is 0 Å². The number of aryl methyl sites for hydroxylation is 1. The van der Waals surface area contributed by atoms with Crippen LogP contribution < -0.4 is 4.74 Å². The highest BCUT2D eigenvalue weighted by Gasteiger charge is 2.09. The maximum atomic E-state index is 13.5. The number of ether oxygens (including phenoxy) is 1. The standard InChI is InChI=1S/C15H12BrFO3/c1-9-2-5-13(17)14(6-9)20-8-11-4-3-10(15(18)19)7-12(11)16/h2-7H,8H2,1H3,(H,18,19). The van der Waals surface area contributed by atoms with E-state index in [-0.39, 0.29) is 17.9 Å².